The van der Waals surface area contributed by atoms with Gasteiger partial charge in [-0.05, 0) is 42.7 Å². The second-order valence-corrected chi connectivity index (χ2v) is 4.88. The molecule has 0 saturated heterocycles. The van der Waals surface area contributed by atoms with Crippen LogP contribution in [-0.4, -0.2) is 15.1 Å². The average Bonchev–Trinajstić information content (AvgIpc) is 2.99. The molecule has 0 aliphatic carbocycles. The van der Waals surface area contributed by atoms with Crippen LogP contribution in [0.25, 0.3) is 22.8 Å². The van der Waals surface area contributed by atoms with Crippen molar-refractivity contribution in [3.8, 4) is 22.8 Å². The first-order chi connectivity index (χ1) is 10.2. The first-order valence-electron chi connectivity index (χ1n) is 6.82. The Labute approximate surface area is 122 Å². The number of hydrogen-bond acceptors (Lipinski definition) is 5. The zero-order valence-corrected chi connectivity index (χ0v) is 12.0. The van der Waals surface area contributed by atoms with Crippen LogP contribution in [0, 0.1) is 6.92 Å². The van der Waals surface area contributed by atoms with E-state index in [4.69, 9.17) is 10.3 Å². The van der Waals surface area contributed by atoms with Crippen LogP contribution in [0.5, 0.6) is 0 Å². The first-order valence-corrected chi connectivity index (χ1v) is 6.82. The topological polar surface area (TPSA) is 77.8 Å². The van der Waals surface area contributed by atoms with Crippen molar-refractivity contribution in [2.75, 3.05) is 5.73 Å². The maximum Gasteiger partial charge on any atom is 0.258 e. The molecular weight excluding hydrogens is 264 g/mol. The summed E-state index contributed by atoms with van der Waals surface area (Å²) in [6, 6.07) is 7.62. The molecule has 0 unspecified atom stereocenters. The Hall–Kier alpha value is -2.69. The molecule has 21 heavy (non-hydrogen) atoms. The van der Waals surface area contributed by atoms with E-state index < -0.39 is 0 Å². The highest BCUT2D eigenvalue weighted by Crippen LogP contribution is 2.26. The van der Waals surface area contributed by atoms with E-state index in [1.807, 2.05) is 37.4 Å². The summed E-state index contributed by atoms with van der Waals surface area (Å²) in [6.07, 6.45) is 4.42. The van der Waals surface area contributed by atoms with Gasteiger partial charge in [0.15, 0.2) is 0 Å². The molecular formula is C16H16N4O. The number of aromatic nitrogens is 3. The molecule has 0 spiro atoms. The number of hydrogen-bond donors (Lipinski definition) is 1. The van der Waals surface area contributed by atoms with Gasteiger partial charge in [0.05, 0.1) is 0 Å². The standard InChI is InChI=1S/C16H16N4O/c1-3-11-9-18-7-6-13(11)15-19-16(21-20-15)12-5-4-10(2)14(17)8-12/h4-9H,3,17H2,1-2H3. The van der Waals surface area contributed by atoms with Crippen molar-refractivity contribution >= 4 is 5.69 Å². The highest BCUT2D eigenvalue weighted by Gasteiger charge is 2.13. The van der Waals surface area contributed by atoms with E-state index in [-0.39, 0.29) is 0 Å². The van der Waals surface area contributed by atoms with Crippen LogP contribution >= 0.6 is 0 Å². The Balaban J connectivity index is 2.01. The lowest BCUT2D eigenvalue weighted by atomic mass is 10.1. The molecule has 0 aliphatic rings. The monoisotopic (exact) mass is 280 g/mol. The van der Waals surface area contributed by atoms with Crippen molar-refractivity contribution in [3.63, 3.8) is 0 Å². The molecule has 0 aliphatic heterocycles. The summed E-state index contributed by atoms with van der Waals surface area (Å²) in [5, 5.41) is 4.07. The molecule has 0 saturated carbocycles. The SMILES string of the molecule is CCc1cnccc1-c1noc(-c2ccc(C)c(N)c2)n1. The molecule has 5 heteroatoms. The fourth-order valence-corrected chi connectivity index (χ4v) is 2.15. The summed E-state index contributed by atoms with van der Waals surface area (Å²) in [5.74, 6) is 1.04. The molecule has 2 aromatic heterocycles. The van der Waals surface area contributed by atoms with Crippen molar-refractivity contribution < 1.29 is 4.52 Å². The zero-order valence-electron chi connectivity index (χ0n) is 12.0. The highest BCUT2D eigenvalue weighted by molar-refractivity contribution is 5.65. The minimum Gasteiger partial charge on any atom is -0.398 e. The lowest BCUT2D eigenvalue weighted by Crippen LogP contribution is -1.91. The van der Waals surface area contributed by atoms with Gasteiger partial charge in [0.1, 0.15) is 0 Å². The Morgan fingerprint density at radius 3 is 2.86 bits per heavy atom. The summed E-state index contributed by atoms with van der Waals surface area (Å²) in [4.78, 5) is 8.59. The van der Waals surface area contributed by atoms with Gasteiger partial charge in [0.2, 0.25) is 5.82 Å². The Morgan fingerprint density at radius 2 is 2.10 bits per heavy atom. The van der Waals surface area contributed by atoms with Crippen molar-refractivity contribution in [2.24, 2.45) is 0 Å². The van der Waals surface area contributed by atoms with Gasteiger partial charge in [-0.25, -0.2) is 0 Å². The fraction of sp³-hybridized carbons (Fsp3) is 0.188. The third kappa shape index (κ3) is 2.50. The molecule has 0 amide bonds. The van der Waals surface area contributed by atoms with E-state index in [9.17, 15) is 0 Å². The largest absolute Gasteiger partial charge is 0.398 e. The minimum absolute atomic E-state index is 0.468. The van der Waals surface area contributed by atoms with Crippen molar-refractivity contribution in [1.82, 2.24) is 15.1 Å². The number of anilines is 1. The number of nitrogens with two attached hydrogens (primary N) is 1. The van der Waals surface area contributed by atoms with E-state index in [1.54, 1.807) is 6.20 Å². The highest BCUT2D eigenvalue weighted by atomic mass is 16.5. The lowest BCUT2D eigenvalue weighted by molar-refractivity contribution is 0.432. The number of pyridine rings is 1. The summed E-state index contributed by atoms with van der Waals surface area (Å²) < 4.78 is 5.36. The molecule has 0 fully saturated rings. The smallest absolute Gasteiger partial charge is 0.258 e. The number of rotatable bonds is 3. The predicted octanol–water partition coefficient (Wildman–Crippen LogP) is 3.25. The van der Waals surface area contributed by atoms with Crippen LogP contribution in [0.4, 0.5) is 5.69 Å². The molecule has 1 aromatic carbocycles. The van der Waals surface area contributed by atoms with Gasteiger partial charge >= 0.3 is 0 Å². The quantitative estimate of drug-likeness (QED) is 0.745. The van der Waals surface area contributed by atoms with Crippen LogP contribution in [0.2, 0.25) is 0 Å². The lowest BCUT2D eigenvalue weighted by Gasteiger charge is -2.01. The molecule has 2 heterocycles. The van der Waals surface area contributed by atoms with Crippen LogP contribution in [0.15, 0.2) is 41.2 Å². The molecule has 2 N–H and O–H groups in total. The van der Waals surface area contributed by atoms with E-state index in [0.717, 1.165) is 28.7 Å². The van der Waals surface area contributed by atoms with E-state index in [1.165, 1.54) is 0 Å². The third-order valence-corrected chi connectivity index (χ3v) is 3.48. The second-order valence-electron chi connectivity index (χ2n) is 4.88. The van der Waals surface area contributed by atoms with Crippen molar-refractivity contribution in [1.29, 1.82) is 0 Å². The zero-order chi connectivity index (χ0) is 14.8. The van der Waals surface area contributed by atoms with Crippen LogP contribution < -0.4 is 5.73 Å². The van der Waals surface area contributed by atoms with Gasteiger partial charge in [0, 0.05) is 29.2 Å². The Bertz CT molecular complexity index is 779. The van der Waals surface area contributed by atoms with Crippen molar-refractivity contribution in [2.45, 2.75) is 20.3 Å². The fourth-order valence-electron chi connectivity index (χ4n) is 2.15. The molecule has 0 radical (unpaired) electrons. The van der Waals surface area contributed by atoms with E-state index in [2.05, 4.69) is 22.0 Å². The van der Waals surface area contributed by atoms with Gasteiger partial charge in [-0.2, -0.15) is 4.98 Å². The maximum absolute atomic E-state index is 5.92. The molecule has 3 aromatic rings. The first kappa shape index (κ1) is 13.3. The average molecular weight is 280 g/mol. The minimum atomic E-state index is 0.468. The maximum atomic E-state index is 5.92. The number of benzene rings is 1. The molecule has 5 nitrogen and oxygen atoms in total. The molecule has 3 rings (SSSR count). The van der Waals surface area contributed by atoms with Crippen molar-refractivity contribution in [3.05, 3.63) is 47.8 Å². The normalized spacial score (nSPS) is 10.8. The van der Waals surface area contributed by atoms with Gasteiger partial charge in [-0.15, -0.1) is 0 Å². The number of aryl methyl sites for hydroxylation is 2. The van der Waals surface area contributed by atoms with E-state index >= 15 is 0 Å². The van der Waals surface area contributed by atoms with Gasteiger partial charge < -0.3 is 10.3 Å². The number of nitrogen functional groups attached to an aromatic ring is 1. The Kier molecular flexibility index (Phi) is 3.39. The van der Waals surface area contributed by atoms with Gasteiger partial charge in [0.25, 0.3) is 5.89 Å². The van der Waals surface area contributed by atoms with Gasteiger partial charge in [-0.1, -0.05) is 18.1 Å². The Morgan fingerprint density at radius 1 is 1.24 bits per heavy atom. The molecule has 106 valence electrons. The second kappa shape index (κ2) is 5.36. The van der Waals surface area contributed by atoms with Crippen LogP contribution in [0.1, 0.15) is 18.1 Å². The third-order valence-electron chi connectivity index (χ3n) is 3.48. The summed E-state index contributed by atoms with van der Waals surface area (Å²) in [6.45, 7) is 4.03. The predicted molar refractivity (Wildman–Crippen MR) is 81.5 cm³/mol. The number of nitrogens with zero attached hydrogens (tertiary/aromatic N) is 3. The summed E-state index contributed by atoms with van der Waals surface area (Å²) in [7, 11) is 0. The van der Waals surface area contributed by atoms with Crippen LogP contribution in [-0.2, 0) is 6.42 Å². The van der Waals surface area contributed by atoms with E-state index in [0.29, 0.717) is 17.4 Å². The summed E-state index contributed by atoms with van der Waals surface area (Å²) in [5.41, 5.74) is 10.5. The summed E-state index contributed by atoms with van der Waals surface area (Å²) >= 11 is 0. The van der Waals surface area contributed by atoms with Gasteiger partial charge in [-0.3, -0.25) is 4.98 Å². The molecule has 0 bridgehead atoms. The molecule has 0 atom stereocenters. The van der Waals surface area contributed by atoms with Crippen LogP contribution in [0.3, 0.4) is 0 Å².